The van der Waals surface area contributed by atoms with E-state index >= 15 is 0 Å². The summed E-state index contributed by atoms with van der Waals surface area (Å²) >= 11 is 0. The molecule has 1 heterocycles. The minimum Gasteiger partial charge on any atom is -0.399 e. The zero-order valence-electron chi connectivity index (χ0n) is 39.6. The maximum atomic E-state index is 6.17. The maximum absolute atomic E-state index is 6.17. The van der Waals surface area contributed by atoms with Gasteiger partial charge in [-0.15, -0.1) is 6.58 Å². The lowest BCUT2D eigenvalue weighted by molar-refractivity contribution is 0.886. The van der Waals surface area contributed by atoms with E-state index in [1.165, 1.54) is 24.0 Å². The summed E-state index contributed by atoms with van der Waals surface area (Å²) in [7, 11) is 0. The number of rotatable bonds is 12. The van der Waals surface area contributed by atoms with Crippen LogP contribution in [-0.2, 0) is 6.42 Å². The highest BCUT2D eigenvalue weighted by Gasteiger charge is 2.13. The number of aromatic nitrogens is 1. The van der Waals surface area contributed by atoms with Crippen LogP contribution in [0.25, 0.3) is 61.5 Å². The van der Waals surface area contributed by atoms with Gasteiger partial charge in [-0.2, -0.15) is 0 Å². The first kappa shape index (κ1) is 51.3. The number of nitrogens with two attached hydrogens (primary N) is 1. The fourth-order valence-electron chi connectivity index (χ4n) is 6.65. The van der Waals surface area contributed by atoms with Crippen LogP contribution in [0, 0.1) is 6.92 Å². The Labute approximate surface area is 386 Å². The van der Waals surface area contributed by atoms with Gasteiger partial charge in [-0.25, -0.2) is 4.98 Å². The molecule has 1 aromatic heterocycles. The summed E-state index contributed by atoms with van der Waals surface area (Å²) in [4.78, 5) is 9.55. The average Bonchev–Trinajstić information content (AvgIpc) is 3.36. The molecule has 0 aliphatic carbocycles. The van der Waals surface area contributed by atoms with E-state index in [1.807, 2.05) is 71.0 Å². The van der Waals surface area contributed by atoms with E-state index in [1.54, 1.807) is 6.08 Å². The van der Waals surface area contributed by atoms with Gasteiger partial charge in [-0.1, -0.05) is 206 Å². The quantitative estimate of drug-likeness (QED) is 0.0576. The molecular weight excluding hydrogens is 775 g/mol. The van der Waals surface area contributed by atoms with Gasteiger partial charge in [0.05, 0.1) is 17.1 Å². The van der Waals surface area contributed by atoms with Gasteiger partial charge in [0.15, 0.2) is 0 Å². The number of allylic oxidation sites excluding steroid dienone is 6. The number of unbranched alkanes of at least 4 members (excludes halogenated alkanes) is 1. The Bertz CT molecular complexity index is 2570. The van der Waals surface area contributed by atoms with E-state index < -0.39 is 0 Å². The van der Waals surface area contributed by atoms with E-state index in [2.05, 4.69) is 191 Å². The molecule has 0 unspecified atom stereocenters. The number of aryl methyl sites for hydroxylation is 1. The maximum Gasteiger partial charge on any atom is 0.0715 e. The second-order valence-corrected chi connectivity index (χ2v) is 14.5. The van der Waals surface area contributed by atoms with Crippen molar-refractivity contribution in [2.24, 2.45) is 4.99 Å². The molecule has 2 N–H and O–H groups in total. The number of pyridine rings is 1. The lowest BCUT2D eigenvalue weighted by Crippen LogP contribution is -1.93. The van der Waals surface area contributed by atoms with Crippen LogP contribution < -0.4 is 5.73 Å². The molecule has 0 saturated carbocycles. The van der Waals surface area contributed by atoms with Crippen molar-refractivity contribution in [3.8, 4) is 55.9 Å². The third-order valence-corrected chi connectivity index (χ3v) is 9.83. The molecule has 64 heavy (non-hydrogen) atoms. The van der Waals surface area contributed by atoms with Crippen LogP contribution in [0.3, 0.4) is 0 Å². The summed E-state index contributed by atoms with van der Waals surface area (Å²) in [5.74, 6) is 0. The van der Waals surface area contributed by atoms with E-state index in [0.717, 1.165) is 79.1 Å². The van der Waals surface area contributed by atoms with Crippen molar-refractivity contribution < 1.29 is 0 Å². The lowest BCUT2D eigenvalue weighted by Gasteiger charge is -2.13. The summed E-state index contributed by atoms with van der Waals surface area (Å²) in [5.41, 5.74) is 22.8. The summed E-state index contributed by atoms with van der Waals surface area (Å²) in [5, 5.41) is 0. The Kier molecular flexibility index (Phi) is 22.8. The Balaban J connectivity index is 0.000000904. The fourth-order valence-corrected chi connectivity index (χ4v) is 6.65. The first-order valence-electron chi connectivity index (χ1n) is 22.7. The predicted octanol–water partition coefficient (Wildman–Crippen LogP) is 18.1. The average molecular weight is 844 g/mol. The number of aliphatic imine (C=N–C) groups is 1. The molecule has 0 spiro atoms. The Morgan fingerprint density at radius 1 is 0.594 bits per heavy atom. The van der Waals surface area contributed by atoms with Gasteiger partial charge < -0.3 is 5.73 Å². The molecular formula is C61H69N3. The normalized spacial score (nSPS) is 10.3. The zero-order valence-corrected chi connectivity index (χ0v) is 39.6. The number of hydrogen-bond acceptors (Lipinski definition) is 3. The molecule has 0 fully saturated rings. The van der Waals surface area contributed by atoms with Crippen molar-refractivity contribution in [2.75, 3.05) is 5.73 Å². The van der Waals surface area contributed by atoms with Crippen LogP contribution in [0.2, 0.25) is 0 Å². The number of nitrogens with zero attached hydrogens (tertiary/aromatic N) is 2. The molecule has 0 amide bonds. The summed E-state index contributed by atoms with van der Waals surface area (Å²) < 4.78 is 0. The highest BCUT2D eigenvalue weighted by Crippen LogP contribution is 2.36. The minimum absolute atomic E-state index is 0.688. The molecule has 6 aromatic carbocycles. The summed E-state index contributed by atoms with van der Waals surface area (Å²) in [6, 6.07) is 55.0. The molecule has 7 rings (SSSR count). The Morgan fingerprint density at radius 2 is 1.14 bits per heavy atom. The van der Waals surface area contributed by atoms with Crippen LogP contribution in [0.5, 0.6) is 0 Å². The van der Waals surface area contributed by atoms with Gasteiger partial charge >= 0.3 is 0 Å². The predicted molar refractivity (Wildman–Crippen MR) is 286 cm³/mol. The van der Waals surface area contributed by atoms with Crippen molar-refractivity contribution >= 4 is 23.7 Å². The molecule has 0 atom stereocenters. The van der Waals surface area contributed by atoms with Gasteiger partial charge in [0.1, 0.15) is 0 Å². The first-order chi connectivity index (χ1) is 31.3. The standard InChI is InChI=1S/C50H41N3.C4H10.C3H6.2C2H6/c1-4-5-15-38(25-24-36-14-9-13-35(2)28-36)39-18-11-22-43(30-39)49-32-45(37-16-7-6-8-17-37)33-50(53-49)44-23-12-20-41(31-44)40-19-10-21-42(29-40)47-34-46(51)26-27-48(47)52-3;1-3-4-2;1-3-2;2*1-2/h4-23,25-34H,1,3,24,51H2,2H3;3-4H2,1-2H3;3H,1H2,2H3;2*1-2H3/b15-5-,38-25+;;;;. The van der Waals surface area contributed by atoms with E-state index in [0.29, 0.717) is 5.69 Å². The molecule has 0 saturated heterocycles. The number of benzene rings is 6. The van der Waals surface area contributed by atoms with Gasteiger partial charge in [0.25, 0.3) is 0 Å². The van der Waals surface area contributed by atoms with Crippen LogP contribution in [0.4, 0.5) is 11.4 Å². The molecule has 328 valence electrons. The Morgan fingerprint density at radius 3 is 1.73 bits per heavy atom. The second kappa shape index (κ2) is 28.5. The SMILES string of the molecule is C=C/C=C\C(=C/Cc1cccc(C)c1)c1cccc(-c2cc(-c3ccccc3)cc(-c3cccc(-c4cccc(-c5cc(N)ccc5N=C)c4)c3)n2)c1.C=CC.CC.CC.CCCC. The zero-order chi connectivity index (χ0) is 46.7. The minimum atomic E-state index is 0.688. The van der Waals surface area contributed by atoms with Crippen molar-refractivity contribution in [1.82, 2.24) is 4.98 Å². The molecule has 3 nitrogen and oxygen atoms in total. The molecule has 0 aliphatic heterocycles. The van der Waals surface area contributed by atoms with Crippen molar-refractivity contribution in [2.45, 2.75) is 74.7 Å². The van der Waals surface area contributed by atoms with Crippen molar-refractivity contribution in [1.29, 1.82) is 0 Å². The molecule has 3 heteroatoms. The van der Waals surface area contributed by atoms with E-state index in [9.17, 15) is 0 Å². The third kappa shape index (κ3) is 15.4. The lowest BCUT2D eigenvalue weighted by atomic mass is 9.95. The highest BCUT2D eigenvalue weighted by atomic mass is 14.7. The topological polar surface area (TPSA) is 51.3 Å². The van der Waals surface area contributed by atoms with Gasteiger partial charge in [-0.3, -0.25) is 4.99 Å². The molecule has 0 aliphatic rings. The second-order valence-electron chi connectivity index (χ2n) is 14.5. The van der Waals surface area contributed by atoms with Gasteiger partial charge in [-0.05, 0) is 120 Å². The van der Waals surface area contributed by atoms with E-state index in [-0.39, 0.29) is 0 Å². The van der Waals surface area contributed by atoms with Crippen LogP contribution in [-0.4, -0.2) is 11.7 Å². The number of anilines is 1. The third-order valence-electron chi connectivity index (χ3n) is 9.83. The highest BCUT2D eigenvalue weighted by molar-refractivity contribution is 5.85. The smallest absolute Gasteiger partial charge is 0.0715 e. The van der Waals surface area contributed by atoms with Crippen molar-refractivity contribution in [3.05, 3.63) is 218 Å². The molecule has 0 radical (unpaired) electrons. The summed E-state index contributed by atoms with van der Waals surface area (Å²) in [6.07, 6.45) is 13.4. The van der Waals surface area contributed by atoms with Gasteiger partial charge in [0, 0.05) is 22.4 Å². The van der Waals surface area contributed by atoms with Crippen LogP contribution in [0.15, 0.2) is 206 Å². The van der Waals surface area contributed by atoms with Crippen molar-refractivity contribution in [3.63, 3.8) is 0 Å². The Hall–Kier alpha value is -7.10. The van der Waals surface area contributed by atoms with E-state index in [4.69, 9.17) is 10.7 Å². The van der Waals surface area contributed by atoms with Crippen LogP contribution in [0.1, 0.15) is 78.0 Å². The number of nitrogen functional groups attached to an aromatic ring is 1. The fraction of sp³-hybridized carbons (Fsp3) is 0.180. The summed E-state index contributed by atoms with van der Waals surface area (Å²) in [6.45, 7) is 27.4. The molecule has 7 aromatic rings. The van der Waals surface area contributed by atoms with Crippen LogP contribution >= 0.6 is 0 Å². The van der Waals surface area contributed by atoms with Gasteiger partial charge in [0.2, 0.25) is 0 Å². The first-order valence-corrected chi connectivity index (χ1v) is 22.7. The molecule has 0 bridgehead atoms. The largest absolute Gasteiger partial charge is 0.399 e. The monoisotopic (exact) mass is 844 g/mol. The number of hydrogen-bond donors (Lipinski definition) is 1.